The van der Waals surface area contributed by atoms with Gasteiger partial charge in [0.2, 0.25) is 0 Å². The highest BCUT2D eigenvalue weighted by Gasteiger charge is 2.31. The van der Waals surface area contributed by atoms with Gasteiger partial charge in [0.25, 0.3) is 0 Å². The number of aliphatic hydroxyl groups is 1. The first-order valence-electron chi connectivity index (χ1n) is 7.04. The second-order valence-electron chi connectivity index (χ2n) is 5.69. The number of carboxylic acid groups (broad SMARTS) is 1. The van der Waals surface area contributed by atoms with E-state index in [9.17, 15) is 18.7 Å². The standard InChI is InChI=1S/C15H19F2NO3/c16-11-7-12(17)13(6-10(11)14(20)21)18-8-15(9-19)4-2-1-3-5-15/h6-7,18-19H,1-5,8-9H2,(H,20,21). The minimum absolute atomic E-state index is 0.00536. The third-order valence-electron chi connectivity index (χ3n) is 4.19. The van der Waals surface area contributed by atoms with Crippen molar-refractivity contribution in [2.75, 3.05) is 18.5 Å². The summed E-state index contributed by atoms with van der Waals surface area (Å²) in [5.74, 6) is -3.37. The zero-order valence-corrected chi connectivity index (χ0v) is 11.7. The molecule has 4 nitrogen and oxygen atoms in total. The Morgan fingerprint density at radius 2 is 1.86 bits per heavy atom. The van der Waals surface area contributed by atoms with Gasteiger partial charge in [-0.25, -0.2) is 13.6 Å². The summed E-state index contributed by atoms with van der Waals surface area (Å²) in [5, 5.41) is 21.3. The molecule has 0 spiro atoms. The van der Waals surface area contributed by atoms with E-state index in [1.165, 1.54) is 0 Å². The van der Waals surface area contributed by atoms with Gasteiger partial charge in [-0.2, -0.15) is 0 Å². The third-order valence-corrected chi connectivity index (χ3v) is 4.19. The van der Waals surface area contributed by atoms with Crippen LogP contribution in [0.1, 0.15) is 42.5 Å². The molecule has 2 rings (SSSR count). The number of carbonyl (C=O) groups is 1. The van der Waals surface area contributed by atoms with E-state index in [2.05, 4.69) is 5.32 Å². The van der Waals surface area contributed by atoms with E-state index >= 15 is 0 Å². The first kappa shape index (κ1) is 15.7. The van der Waals surface area contributed by atoms with E-state index in [0.29, 0.717) is 12.6 Å². The molecular formula is C15H19F2NO3. The van der Waals surface area contributed by atoms with Crippen LogP contribution in [0.3, 0.4) is 0 Å². The molecule has 21 heavy (non-hydrogen) atoms. The predicted molar refractivity (Wildman–Crippen MR) is 74.4 cm³/mol. The van der Waals surface area contributed by atoms with Crippen LogP contribution < -0.4 is 5.32 Å². The van der Waals surface area contributed by atoms with Gasteiger partial charge in [0, 0.05) is 18.0 Å². The molecule has 0 amide bonds. The summed E-state index contributed by atoms with van der Waals surface area (Å²) in [6.07, 6.45) is 4.81. The number of anilines is 1. The van der Waals surface area contributed by atoms with Crippen LogP contribution >= 0.6 is 0 Å². The van der Waals surface area contributed by atoms with Crippen LogP contribution in [0.4, 0.5) is 14.5 Å². The summed E-state index contributed by atoms with van der Waals surface area (Å²) < 4.78 is 27.0. The Bertz CT molecular complexity index is 528. The summed E-state index contributed by atoms with van der Waals surface area (Å²) >= 11 is 0. The van der Waals surface area contributed by atoms with E-state index in [1.807, 2.05) is 0 Å². The van der Waals surface area contributed by atoms with Crippen molar-refractivity contribution in [3.05, 3.63) is 29.3 Å². The molecule has 1 aromatic carbocycles. The fraction of sp³-hybridized carbons (Fsp3) is 0.533. The molecule has 0 aromatic heterocycles. The number of rotatable bonds is 5. The average Bonchev–Trinajstić information content (AvgIpc) is 2.47. The lowest BCUT2D eigenvalue weighted by Crippen LogP contribution is -2.35. The Kier molecular flexibility index (Phi) is 4.77. The molecule has 0 aliphatic heterocycles. The molecule has 0 bridgehead atoms. The highest BCUT2D eigenvalue weighted by Crippen LogP contribution is 2.36. The van der Waals surface area contributed by atoms with Gasteiger partial charge >= 0.3 is 5.97 Å². The van der Waals surface area contributed by atoms with Crippen molar-refractivity contribution in [3.8, 4) is 0 Å². The quantitative estimate of drug-likeness (QED) is 0.781. The number of hydrogen-bond acceptors (Lipinski definition) is 3. The molecule has 0 saturated heterocycles. The van der Waals surface area contributed by atoms with E-state index in [0.717, 1.165) is 38.2 Å². The van der Waals surface area contributed by atoms with Crippen molar-refractivity contribution >= 4 is 11.7 Å². The van der Waals surface area contributed by atoms with Crippen LogP contribution in [-0.2, 0) is 0 Å². The molecule has 1 aliphatic rings. The minimum atomic E-state index is -1.44. The lowest BCUT2D eigenvalue weighted by atomic mass is 9.74. The number of halogens is 2. The van der Waals surface area contributed by atoms with Crippen molar-refractivity contribution in [1.82, 2.24) is 0 Å². The second kappa shape index (κ2) is 6.39. The maximum Gasteiger partial charge on any atom is 0.338 e. The average molecular weight is 299 g/mol. The molecular weight excluding hydrogens is 280 g/mol. The van der Waals surface area contributed by atoms with Crippen LogP contribution in [-0.4, -0.2) is 29.3 Å². The van der Waals surface area contributed by atoms with Crippen LogP contribution in [0.2, 0.25) is 0 Å². The van der Waals surface area contributed by atoms with Crippen molar-refractivity contribution in [2.45, 2.75) is 32.1 Å². The lowest BCUT2D eigenvalue weighted by Gasteiger charge is -2.36. The molecule has 3 N–H and O–H groups in total. The van der Waals surface area contributed by atoms with Gasteiger partial charge < -0.3 is 15.5 Å². The van der Waals surface area contributed by atoms with Crippen molar-refractivity contribution in [1.29, 1.82) is 0 Å². The second-order valence-corrected chi connectivity index (χ2v) is 5.69. The molecule has 1 saturated carbocycles. The molecule has 0 atom stereocenters. The Morgan fingerprint density at radius 1 is 1.19 bits per heavy atom. The van der Waals surface area contributed by atoms with Gasteiger partial charge in [-0.3, -0.25) is 0 Å². The van der Waals surface area contributed by atoms with Gasteiger partial charge in [-0.05, 0) is 18.9 Å². The van der Waals surface area contributed by atoms with Crippen LogP contribution in [0.25, 0.3) is 0 Å². The topological polar surface area (TPSA) is 69.6 Å². The van der Waals surface area contributed by atoms with Gasteiger partial charge in [0.1, 0.15) is 11.6 Å². The molecule has 1 aliphatic carbocycles. The van der Waals surface area contributed by atoms with Gasteiger partial charge in [-0.1, -0.05) is 19.3 Å². The molecule has 0 radical (unpaired) electrons. The molecule has 0 unspecified atom stereocenters. The zero-order valence-electron chi connectivity index (χ0n) is 11.7. The molecule has 1 fully saturated rings. The number of nitrogens with one attached hydrogen (secondary N) is 1. The van der Waals surface area contributed by atoms with E-state index in [-0.39, 0.29) is 17.7 Å². The van der Waals surface area contributed by atoms with Crippen LogP contribution in [0.5, 0.6) is 0 Å². The molecule has 6 heteroatoms. The van der Waals surface area contributed by atoms with Crippen LogP contribution in [0.15, 0.2) is 12.1 Å². The number of carboxylic acids is 1. The Labute approximate surface area is 121 Å². The maximum absolute atomic E-state index is 13.7. The number of aromatic carboxylic acids is 1. The fourth-order valence-electron chi connectivity index (χ4n) is 2.82. The number of benzene rings is 1. The fourth-order valence-corrected chi connectivity index (χ4v) is 2.82. The lowest BCUT2D eigenvalue weighted by molar-refractivity contribution is 0.0691. The Balaban J connectivity index is 2.15. The Hall–Kier alpha value is -1.69. The maximum atomic E-state index is 13.7. The SMILES string of the molecule is O=C(O)c1cc(NCC2(CO)CCCCC2)c(F)cc1F. The summed E-state index contributed by atoms with van der Waals surface area (Å²) in [6, 6.07) is 1.53. The van der Waals surface area contributed by atoms with E-state index in [4.69, 9.17) is 5.11 Å². The molecule has 1 aromatic rings. The smallest absolute Gasteiger partial charge is 0.338 e. The van der Waals surface area contributed by atoms with Crippen molar-refractivity contribution < 1.29 is 23.8 Å². The van der Waals surface area contributed by atoms with Gasteiger partial charge in [0.05, 0.1) is 17.9 Å². The summed E-state index contributed by atoms with van der Waals surface area (Å²) in [5.41, 5.74) is -0.935. The number of hydrogen-bond donors (Lipinski definition) is 3. The zero-order chi connectivity index (χ0) is 15.5. The molecule has 116 valence electrons. The summed E-state index contributed by atoms with van der Waals surface area (Å²) in [7, 11) is 0. The first-order valence-corrected chi connectivity index (χ1v) is 7.04. The molecule has 0 heterocycles. The van der Waals surface area contributed by atoms with Crippen LogP contribution in [0, 0.1) is 17.0 Å². The minimum Gasteiger partial charge on any atom is -0.478 e. The van der Waals surface area contributed by atoms with E-state index < -0.39 is 23.2 Å². The normalized spacial score (nSPS) is 17.5. The summed E-state index contributed by atoms with van der Waals surface area (Å²) in [6.45, 7) is 0.333. The predicted octanol–water partition coefficient (Wildman–Crippen LogP) is 3.02. The van der Waals surface area contributed by atoms with Crippen molar-refractivity contribution in [2.24, 2.45) is 5.41 Å². The summed E-state index contributed by atoms with van der Waals surface area (Å²) in [4.78, 5) is 10.9. The first-order chi connectivity index (χ1) is 9.97. The highest BCUT2D eigenvalue weighted by atomic mass is 19.1. The van der Waals surface area contributed by atoms with E-state index in [1.54, 1.807) is 0 Å². The van der Waals surface area contributed by atoms with Gasteiger partial charge in [0.15, 0.2) is 0 Å². The highest BCUT2D eigenvalue weighted by molar-refractivity contribution is 5.89. The van der Waals surface area contributed by atoms with Gasteiger partial charge in [-0.15, -0.1) is 0 Å². The van der Waals surface area contributed by atoms with Crippen molar-refractivity contribution in [3.63, 3.8) is 0 Å². The Morgan fingerprint density at radius 3 is 2.43 bits per heavy atom. The number of aliphatic hydroxyl groups excluding tert-OH is 1. The third kappa shape index (κ3) is 3.50. The largest absolute Gasteiger partial charge is 0.478 e. The monoisotopic (exact) mass is 299 g/mol.